The molecule has 0 fully saturated rings. The van der Waals surface area contributed by atoms with Crippen LogP contribution in [0, 0.1) is 0 Å². The average molecular weight is 697 g/mol. The van der Waals surface area contributed by atoms with Crippen molar-refractivity contribution in [1.29, 1.82) is 0 Å². The van der Waals surface area contributed by atoms with Crippen molar-refractivity contribution in [2.75, 3.05) is 0 Å². The Morgan fingerprint density at radius 1 is 0.481 bits per heavy atom. The van der Waals surface area contributed by atoms with E-state index in [4.69, 9.17) is 9.97 Å². The van der Waals surface area contributed by atoms with Gasteiger partial charge in [0.2, 0.25) is 5.95 Å². The minimum atomic E-state index is -0.0113. The summed E-state index contributed by atoms with van der Waals surface area (Å²) >= 11 is 0. The van der Waals surface area contributed by atoms with Crippen LogP contribution in [0.4, 0.5) is 0 Å². The maximum absolute atomic E-state index is 5.48. The molecule has 0 unspecified atom stereocenters. The normalized spacial score (nSPS) is 15.2. The molecule has 0 bridgehead atoms. The number of hydrogen-bond donors (Lipinski definition) is 0. The highest BCUT2D eigenvalue weighted by molar-refractivity contribution is 6.25. The van der Waals surface area contributed by atoms with Crippen molar-refractivity contribution in [2.45, 2.75) is 51.4 Å². The third-order valence-electron chi connectivity index (χ3n) is 12.3. The quantitative estimate of drug-likeness (QED) is 0.184. The summed E-state index contributed by atoms with van der Waals surface area (Å²) in [5.41, 5.74) is 11.7. The monoisotopic (exact) mass is 696 g/mol. The fourth-order valence-corrected chi connectivity index (χ4v) is 9.59. The molecule has 3 heterocycles. The van der Waals surface area contributed by atoms with Gasteiger partial charge < -0.3 is 4.57 Å². The van der Waals surface area contributed by atoms with E-state index in [9.17, 15) is 0 Å². The molecule has 4 nitrogen and oxygen atoms in total. The van der Waals surface area contributed by atoms with Crippen molar-refractivity contribution in [3.63, 3.8) is 0 Å². The van der Waals surface area contributed by atoms with Crippen LogP contribution in [0.3, 0.4) is 0 Å². The molecule has 10 aromatic rings. The first kappa shape index (κ1) is 31.3. The minimum absolute atomic E-state index is 0.0113. The molecule has 11 rings (SSSR count). The van der Waals surface area contributed by atoms with E-state index >= 15 is 0 Å². The second-order valence-corrected chi connectivity index (χ2v) is 16.5. The lowest BCUT2D eigenvalue weighted by molar-refractivity contribution is 0.334. The largest absolute Gasteiger partial charge is 0.309 e. The van der Waals surface area contributed by atoms with Gasteiger partial charge in [0.25, 0.3) is 0 Å². The Labute approximate surface area is 314 Å². The van der Waals surface area contributed by atoms with E-state index < -0.39 is 0 Å². The molecule has 0 amide bonds. The summed E-state index contributed by atoms with van der Waals surface area (Å²) in [6.07, 6.45) is 2.29. The molecule has 0 aliphatic heterocycles. The van der Waals surface area contributed by atoms with Crippen LogP contribution < -0.4 is 0 Å². The van der Waals surface area contributed by atoms with Crippen LogP contribution >= 0.6 is 0 Å². The number of para-hydroxylation sites is 2. The van der Waals surface area contributed by atoms with Crippen molar-refractivity contribution in [1.82, 2.24) is 19.1 Å². The molecular formula is C50H40N4. The van der Waals surface area contributed by atoms with Crippen LogP contribution in [0.2, 0.25) is 0 Å². The molecule has 0 N–H and O–H groups in total. The van der Waals surface area contributed by atoms with Crippen molar-refractivity contribution >= 4 is 65.3 Å². The Balaban J connectivity index is 1.37. The average Bonchev–Trinajstić information content (AvgIpc) is 3.71. The van der Waals surface area contributed by atoms with Crippen LogP contribution in [0.1, 0.15) is 51.7 Å². The molecular weight excluding hydrogens is 657 g/mol. The van der Waals surface area contributed by atoms with Gasteiger partial charge in [0.05, 0.1) is 33.3 Å². The molecule has 0 spiro atoms. The summed E-state index contributed by atoms with van der Waals surface area (Å²) in [7, 11) is 0. The van der Waals surface area contributed by atoms with E-state index in [1.165, 1.54) is 54.5 Å². The molecule has 0 saturated carbocycles. The van der Waals surface area contributed by atoms with Gasteiger partial charge in [-0.2, -0.15) is 0 Å². The van der Waals surface area contributed by atoms with Gasteiger partial charge in [-0.15, -0.1) is 0 Å². The van der Waals surface area contributed by atoms with Gasteiger partial charge in [-0.3, -0.25) is 4.57 Å². The first-order valence-corrected chi connectivity index (χ1v) is 19.1. The lowest BCUT2D eigenvalue weighted by atomic mass is 9.62. The van der Waals surface area contributed by atoms with E-state index in [2.05, 4.69) is 182 Å². The molecule has 54 heavy (non-hydrogen) atoms. The molecule has 4 heteroatoms. The Bertz CT molecular complexity index is 3150. The number of aromatic nitrogens is 4. The molecule has 260 valence electrons. The molecule has 1 aliphatic carbocycles. The lowest BCUT2D eigenvalue weighted by Crippen LogP contribution is -2.34. The number of benzene rings is 7. The summed E-state index contributed by atoms with van der Waals surface area (Å²) < 4.78 is 4.80. The fourth-order valence-electron chi connectivity index (χ4n) is 9.59. The minimum Gasteiger partial charge on any atom is -0.309 e. The highest BCUT2D eigenvalue weighted by Crippen LogP contribution is 2.51. The SMILES string of the molecule is CC1(C)CCC(C)(C)c2c1ccc1c2c2cc3c4c5ccccc5ccc4n(-c4ccccc4)c3cc2n1-c1nc(-c2ccccc2)c2ccccc2n1. The van der Waals surface area contributed by atoms with Gasteiger partial charge in [0.15, 0.2) is 0 Å². The van der Waals surface area contributed by atoms with E-state index in [0.29, 0.717) is 5.95 Å². The molecule has 0 saturated heterocycles. The second kappa shape index (κ2) is 11.1. The fraction of sp³-hybridized carbons (Fsp3) is 0.160. The van der Waals surface area contributed by atoms with Crippen molar-refractivity contribution in [3.05, 3.63) is 157 Å². The molecule has 1 aliphatic rings. The van der Waals surface area contributed by atoms with Gasteiger partial charge in [-0.25, -0.2) is 9.97 Å². The number of nitrogens with zero attached hydrogens (tertiary/aromatic N) is 4. The molecule has 0 radical (unpaired) electrons. The number of rotatable bonds is 3. The summed E-state index contributed by atoms with van der Waals surface area (Å²) in [5, 5.41) is 8.68. The van der Waals surface area contributed by atoms with Gasteiger partial charge in [0.1, 0.15) is 0 Å². The van der Waals surface area contributed by atoms with E-state index in [1.807, 2.05) is 0 Å². The first-order valence-electron chi connectivity index (χ1n) is 19.1. The Kier molecular flexibility index (Phi) is 6.45. The third-order valence-corrected chi connectivity index (χ3v) is 12.3. The van der Waals surface area contributed by atoms with E-state index in [1.54, 1.807) is 0 Å². The standard InChI is InChI=1S/C50H40N4/c1-49(2)27-28-50(3,4)46-38(49)24-26-41-45(46)37-29-36-42(53(33-18-9-6-10-19-33)40-25-23-31-15-11-12-20-34(31)44(36)40)30-43(37)54(41)48-51-39-22-14-13-21-35(39)47(52-48)32-16-7-5-8-17-32/h5-26,29-30H,27-28H2,1-4H3. The van der Waals surface area contributed by atoms with Crippen LogP contribution in [0.15, 0.2) is 146 Å². The molecule has 3 aromatic heterocycles. The third kappa shape index (κ3) is 4.37. The van der Waals surface area contributed by atoms with Crippen LogP contribution in [-0.2, 0) is 10.8 Å². The van der Waals surface area contributed by atoms with E-state index in [0.717, 1.165) is 51.7 Å². The zero-order valence-electron chi connectivity index (χ0n) is 31.1. The predicted molar refractivity (Wildman–Crippen MR) is 226 cm³/mol. The van der Waals surface area contributed by atoms with Crippen LogP contribution in [-0.4, -0.2) is 19.1 Å². The van der Waals surface area contributed by atoms with Crippen LogP contribution in [0.5, 0.6) is 0 Å². The van der Waals surface area contributed by atoms with Gasteiger partial charge >= 0.3 is 0 Å². The maximum Gasteiger partial charge on any atom is 0.235 e. The summed E-state index contributed by atoms with van der Waals surface area (Å²) in [6, 6.07) is 52.8. The Morgan fingerprint density at radius 2 is 1.11 bits per heavy atom. The van der Waals surface area contributed by atoms with Crippen molar-refractivity contribution in [3.8, 4) is 22.9 Å². The molecule has 0 atom stereocenters. The summed E-state index contributed by atoms with van der Waals surface area (Å²) in [6.45, 7) is 9.72. The predicted octanol–water partition coefficient (Wildman–Crippen LogP) is 13.0. The second-order valence-electron chi connectivity index (χ2n) is 16.5. The topological polar surface area (TPSA) is 35.6 Å². The van der Waals surface area contributed by atoms with Crippen molar-refractivity contribution in [2.24, 2.45) is 0 Å². The summed E-state index contributed by atoms with van der Waals surface area (Å²) in [4.78, 5) is 10.9. The van der Waals surface area contributed by atoms with Crippen molar-refractivity contribution < 1.29 is 0 Å². The Morgan fingerprint density at radius 3 is 1.93 bits per heavy atom. The lowest BCUT2D eigenvalue weighted by Gasteiger charge is -2.42. The van der Waals surface area contributed by atoms with E-state index in [-0.39, 0.29) is 10.8 Å². The zero-order chi connectivity index (χ0) is 36.3. The smallest absolute Gasteiger partial charge is 0.235 e. The highest BCUT2D eigenvalue weighted by Gasteiger charge is 2.39. The highest BCUT2D eigenvalue weighted by atomic mass is 15.2. The van der Waals surface area contributed by atoms with Gasteiger partial charge in [0, 0.05) is 38.2 Å². The Hall–Kier alpha value is -6.26. The van der Waals surface area contributed by atoms with Gasteiger partial charge in [-0.05, 0) is 88.0 Å². The van der Waals surface area contributed by atoms with Gasteiger partial charge in [-0.1, -0.05) is 131 Å². The zero-order valence-corrected chi connectivity index (χ0v) is 31.1. The molecule has 7 aromatic carbocycles. The summed E-state index contributed by atoms with van der Waals surface area (Å²) in [5.74, 6) is 0.688. The maximum atomic E-state index is 5.48. The number of hydrogen-bond acceptors (Lipinski definition) is 2. The first-order chi connectivity index (χ1) is 26.3. The van der Waals surface area contributed by atoms with Crippen LogP contribution in [0.25, 0.3) is 88.2 Å². The number of fused-ring (bicyclic) bond motifs is 11.